The van der Waals surface area contributed by atoms with E-state index in [1.165, 1.54) is 0 Å². The Kier molecular flexibility index (Phi) is 4.27. The van der Waals surface area contributed by atoms with Crippen LogP contribution in [0.1, 0.15) is 10.4 Å². The number of halogens is 2. The molecule has 3 N–H and O–H groups in total. The number of rotatable bonds is 4. The maximum Gasteiger partial charge on any atom is 0.132 e. The van der Waals surface area contributed by atoms with E-state index < -0.39 is 0 Å². The number of nitrogens with two attached hydrogens (primary N) is 1. The van der Waals surface area contributed by atoms with Gasteiger partial charge in [0.2, 0.25) is 0 Å². The molecule has 0 spiro atoms. The third kappa shape index (κ3) is 2.85. The molecule has 1 heterocycles. The highest BCUT2D eigenvalue weighted by Gasteiger charge is 2.12. The summed E-state index contributed by atoms with van der Waals surface area (Å²) in [5.74, 6) is 0.427. The molecule has 6 heteroatoms. The SMILES string of the molecule is N=C(N)c1c(Cl)cccc1OCc1sccc1Br. The summed E-state index contributed by atoms with van der Waals surface area (Å²) in [7, 11) is 0. The molecule has 0 radical (unpaired) electrons. The second-order valence-corrected chi connectivity index (χ2v) is 5.77. The number of nitrogens with one attached hydrogen (secondary N) is 1. The molecule has 94 valence electrons. The van der Waals surface area contributed by atoms with Crippen molar-refractivity contribution in [2.75, 3.05) is 0 Å². The molecule has 0 unspecified atom stereocenters. The zero-order valence-electron chi connectivity index (χ0n) is 9.24. The third-order valence-corrected chi connectivity index (χ3v) is 4.51. The van der Waals surface area contributed by atoms with Gasteiger partial charge < -0.3 is 10.5 Å². The highest BCUT2D eigenvalue weighted by atomic mass is 79.9. The molecule has 0 bridgehead atoms. The summed E-state index contributed by atoms with van der Waals surface area (Å²) in [6.07, 6.45) is 0. The summed E-state index contributed by atoms with van der Waals surface area (Å²) < 4.78 is 6.69. The first-order valence-electron chi connectivity index (χ1n) is 5.07. The highest BCUT2D eigenvalue weighted by Crippen LogP contribution is 2.29. The predicted octanol–water partition coefficient (Wildman–Crippen LogP) is 4.03. The predicted molar refractivity (Wildman–Crippen MR) is 78.8 cm³/mol. The van der Waals surface area contributed by atoms with E-state index in [1.807, 2.05) is 11.4 Å². The Hall–Kier alpha value is -1.04. The minimum atomic E-state index is -0.0964. The van der Waals surface area contributed by atoms with Crippen molar-refractivity contribution < 1.29 is 4.74 Å². The molecular weight excluding hydrogens is 336 g/mol. The molecule has 0 saturated carbocycles. The van der Waals surface area contributed by atoms with Crippen LogP contribution in [0.25, 0.3) is 0 Å². The monoisotopic (exact) mass is 344 g/mol. The van der Waals surface area contributed by atoms with E-state index in [-0.39, 0.29) is 5.84 Å². The van der Waals surface area contributed by atoms with E-state index in [0.717, 1.165) is 9.35 Å². The first-order chi connectivity index (χ1) is 8.59. The first-order valence-corrected chi connectivity index (χ1v) is 7.12. The summed E-state index contributed by atoms with van der Waals surface area (Å²) in [6, 6.07) is 7.18. The molecule has 18 heavy (non-hydrogen) atoms. The Labute approximate surface area is 122 Å². The molecule has 1 aromatic heterocycles. The number of amidine groups is 1. The Morgan fingerprint density at radius 1 is 1.44 bits per heavy atom. The lowest BCUT2D eigenvalue weighted by Crippen LogP contribution is -2.13. The van der Waals surface area contributed by atoms with Gasteiger partial charge in [0.05, 0.1) is 15.5 Å². The van der Waals surface area contributed by atoms with Crippen molar-refractivity contribution in [1.82, 2.24) is 0 Å². The quantitative estimate of drug-likeness (QED) is 0.649. The topological polar surface area (TPSA) is 59.1 Å². The largest absolute Gasteiger partial charge is 0.487 e. The second kappa shape index (κ2) is 5.73. The lowest BCUT2D eigenvalue weighted by atomic mass is 10.2. The molecule has 0 amide bonds. The molecule has 1 aromatic carbocycles. The van der Waals surface area contributed by atoms with Crippen LogP contribution < -0.4 is 10.5 Å². The van der Waals surface area contributed by atoms with Gasteiger partial charge in [-0.25, -0.2) is 0 Å². The van der Waals surface area contributed by atoms with Crippen molar-refractivity contribution in [3.63, 3.8) is 0 Å². The van der Waals surface area contributed by atoms with Crippen LogP contribution >= 0.6 is 38.9 Å². The molecule has 2 aromatic rings. The Bertz CT molecular complexity index is 585. The number of hydrogen-bond donors (Lipinski definition) is 2. The summed E-state index contributed by atoms with van der Waals surface area (Å²) in [4.78, 5) is 1.07. The van der Waals surface area contributed by atoms with Crippen molar-refractivity contribution in [3.05, 3.63) is 49.6 Å². The molecule has 0 aliphatic rings. The second-order valence-electron chi connectivity index (χ2n) is 3.51. The van der Waals surface area contributed by atoms with Gasteiger partial charge in [-0.1, -0.05) is 17.7 Å². The zero-order chi connectivity index (χ0) is 13.1. The number of ether oxygens (including phenoxy) is 1. The highest BCUT2D eigenvalue weighted by molar-refractivity contribution is 9.10. The van der Waals surface area contributed by atoms with Crippen LogP contribution in [-0.4, -0.2) is 5.84 Å². The minimum Gasteiger partial charge on any atom is -0.487 e. The smallest absolute Gasteiger partial charge is 0.132 e. The maximum atomic E-state index is 7.52. The van der Waals surface area contributed by atoms with Crippen LogP contribution in [0.2, 0.25) is 5.02 Å². The van der Waals surface area contributed by atoms with Crippen LogP contribution in [0, 0.1) is 5.41 Å². The minimum absolute atomic E-state index is 0.0964. The van der Waals surface area contributed by atoms with Gasteiger partial charge in [0.25, 0.3) is 0 Å². The van der Waals surface area contributed by atoms with E-state index in [0.29, 0.717) is 22.9 Å². The Balaban J connectivity index is 2.22. The molecule has 0 saturated heterocycles. The number of thiophene rings is 1. The summed E-state index contributed by atoms with van der Waals surface area (Å²) in [6.45, 7) is 0.416. The van der Waals surface area contributed by atoms with Crippen molar-refractivity contribution in [1.29, 1.82) is 5.41 Å². The van der Waals surface area contributed by atoms with Gasteiger partial charge >= 0.3 is 0 Å². The van der Waals surface area contributed by atoms with Gasteiger partial charge in [-0.2, -0.15) is 0 Å². The molecule has 0 aliphatic heterocycles. The normalized spacial score (nSPS) is 10.3. The first kappa shape index (κ1) is 13.4. The fourth-order valence-electron chi connectivity index (χ4n) is 1.46. The molecule has 0 aliphatic carbocycles. The molecule has 3 nitrogen and oxygen atoms in total. The van der Waals surface area contributed by atoms with Crippen LogP contribution in [-0.2, 0) is 6.61 Å². The fraction of sp³-hybridized carbons (Fsp3) is 0.0833. The van der Waals surface area contributed by atoms with Gasteiger partial charge in [0.15, 0.2) is 0 Å². The average molecular weight is 346 g/mol. The third-order valence-electron chi connectivity index (χ3n) is 2.29. The zero-order valence-corrected chi connectivity index (χ0v) is 12.4. The van der Waals surface area contributed by atoms with Crippen molar-refractivity contribution >= 4 is 44.7 Å². The molecule has 2 rings (SSSR count). The van der Waals surface area contributed by atoms with Gasteiger partial charge in [0.1, 0.15) is 18.2 Å². The molecule has 0 fully saturated rings. The summed E-state index contributed by atoms with van der Waals surface area (Å²) >= 11 is 11.0. The summed E-state index contributed by atoms with van der Waals surface area (Å²) in [5, 5.41) is 9.92. The summed E-state index contributed by atoms with van der Waals surface area (Å²) in [5.41, 5.74) is 5.94. The van der Waals surface area contributed by atoms with E-state index >= 15 is 0 Å². The van der Waals surface area contributed by atoms with Gasteiger partial charge in [-0.3, -0.25) is 5.41 Å². The van der Waals surface area contributed by atoms with E-state index in [9.17, 15) is 0 Å². The van der Waals surface area contributed by atoms with Gasteiger partial charge in [0, 0.05) is 4.47 Å². The van der Waals surface area contributed by atoms with Crippen molar-refractivity contribution in [3.8, 4) is 5.75 Å². The molecule has 0 atom stereocenters. The van der Waals surface area contributed by atoms with Gasteiger partial charge in [-0.05, 0) is 39.5 Å². The standard InChI is InChI=1S/C12H10BrClN2OS/c13-7-4-5-18-10(7)6-17-9-3-1-2-8(14)11(9)12(15)16/h1-5H,6H2,(H3,15,16). The van der Waals surface area contributed by atoms with Crippen LogP contribution in [0.3, 0.4) is 0 Å². The number of benzene rings is 1. The lowest BCUT2D eigenvalue weighted by molar-refractivity contribution is 0.308. The average Bonchev–Trinajstić information content (AvgIpc) is 2.71. The maximum absolute atomic E-state index is 7.52. The van der Waals surface area contributed by atoms with Crippen molar-refractivity contribution in [2.24, 2.45) is 5.73 Å². The van der Waals surface area contributed by atoms with Crippen LogP contribution in [0.5, 0.6) is 5.75 Å². The Morgan fingerprint density at radius 3 is 2.83 bits per heavy atom. The lowest BCUT2D eigenvalue weighted by Gasteiger charge is -2.11. The Morgan fingerprint density at radius 2 is 2.22 bits per heavy atom. The number of nitrogen functional groups attached to an aromatic ring is 1. The van der Waals surface area contributed by atoms with E-state index in [4.69, 9.17) is 27.5 Å². The van der Waals surface area contributed by atoms with E-state index in [2.05, 4.69) is 15.9 Å². The van der Waals surface area contributed by atoms with Gasteiger partial charge in [-0.15, -0.1) is 11.3 Å². The van der Waals surface area contributed by atoms with Crippen LogP contribution in [0.4, 0.5) is 0 Å². The molecular formula is C12H10BrClN2OS. The van der Waals surface area contributed by atoms with Crippen LogP contribution in [0.15, 0.2) is 34.1 Å². The number of hydrogen-bond acceptors (Lipinski definition) is 3. The van der Waals surface area contributed by atoms with E-state index in [1.54, 1.807) is 29.5 Å². The fourth-order valence-corrected chi connectivity index (χ4v) is 3.10. The van der Waals surface area contributed by atoms with Crippen molar-refractivity contribution in [2.45, 2.75) is 6.61 Å².